The monoisotopic (exact) mass is 430 g/mol. The van der Waals surface area contributed by atoms with E-state index in [1.54, 1.807) is 6.07 Å². The Morgan fingerprint density at radius 1 is 0.871 bits per heavy atom. The molecule has 4 nitrogen and oxygen atoms in total. The van der Waals surface area contributed by atoms with Crippen LogP contribution in [0.2, 0.25) is 5.02 Å². The molecule has 5 heteroatoms. The van der Waals surface area contributed by atoms with E-state index in [1.807, 2.05) is 74.5 Å². The molecule has 0 aliphatic carbocycles. The summed E-state index contributed by atoms with van der Waals surface area (Å²) < 4.78 is 0. The van der Waals surface area contributed by atoms with Gasteiger partial charge in [0.15, 0.2) is 0 Å². The lowest BCUT2D eigenvalue weighted by molar-refractivity contribution is -0.120. The number of hydrogen-bond acceptors (Lipinski definition) is 3. The predicted molar refractivity (Wildman–Crippen MR) is 126 cm³/mol. The summed E-state index contributed by atoms with van der Waals surface area (Å²) in [4.78, 5) is 28.1. The molecule has 0 saturated carbocycles. The van der Waals surface area contributed by atoms with Gasteiger partial charge in [0.05, 0.1) is 11.3 Å². The van der Waals surface area contributed by atoms with Crippen LogP contribution in [-0.4, -0.2) is 11.8 Å². The largest absolute Gasteiger partial charge is 0.350 e. The molecule has 0 radical (unpaired) electrons. The Morgan fingerprint density at radius 2 is 1.55 bits per heavy atom. The highest BCUT2D eigenvalue weighted by molar-refractivity contribution is 6.46. The molecular weight excluding hydrogens is 408 g/mol. The Kier molecular flexibility index (Phi) is 5.66. The molecule has 156 valence electrons. The Morgan fingerprint density at radius 3 is 2.16 bits per heavy atom. The lowest BCUT2D eigenvalue weighted by atomic mass is 10.0. The van der Waals surface area contributed by atoms with Gasteiger partial charge < -0.3 is 5.32 Å². The normalized spacial score (nSPS) is 13.9. The summed E-state index contributed by atoms with van der Waals surface area (Å²) >= 11 is 6.27. The quantitative estimate of drug-likeness (QED) is 0.511. The highest BCUT2D eigenvalue weighted by Gasteiger charge is 2.40. The number of halogens is 1. The molecule has 0 unspecified atom stereocenters. The number of nitrogens with one attached hydrogen (secondary N) is 1. The Labute approximate surface area is 187 Å². The van der Waals surface area contributed by atoms with Crippen molar-refractivity contribution in [2.45, 2.75) is 27.2 Å². The fraction of sp³-hybridized carbons (Fsp3) is 0.154. The third-order valence-electron chi connectivity index (χ3n) is 5.47. The first-order valence-electron chi connectivity index (χ1n) is 10.2. The molecule has 31 heavy (non-hydrogen) atoms. The molecule has 0 bridgehead atoms. The SMILES string of the molecule is CCc1ccc(N2C(=O)C(Nc3ccc(C)c(Cl)c3)=C(c3ccc(C)cc3)C2=O)cc1. The molecule has 3 aromatic carbocycles. The minimum Gasteiger partial charge on any atom is -0.350 e. The fourth-order valence-corrected chi connectivity index (χ4v) is 3.74. The van der Waals surface area contributed by atoms with Crippen LogP contribution in [0.3, 0.4) is 0 Å². The molecule has 0 atom stereocenters. The zero-order valence-electron chi connectivity index (χ0n) is 17.7. The van der Waals surface area contributed by atoms with Crippen LogP contribution in [0.15, 0.2) is 72.4 Å². The Bertz CT molecular complexity index is 1200. The van der Waals surface area contributed by atoms with Gasteiger partial charge >= 0.3 is 0 Å². The standard InChI is InChI=1S/C26H23ClN2O2/c1-4-18-8-13-21(14-9-18)29-25(30)23(19-10-5-16(2)6-11-19)24(26(29)31)28-20-12-7-17(3)22(27)15-20/h5-15,28H,4H2,1-3H3. The molecule has 1 aliphatic heterocycles. The van der Waals surface area contributed by atoms with E-state index in [4.69, 9.17) is 11.6 Å². The smallest absolute Gasteiger partial charge is 0.282 e. The van der Waals surface area contributed by atoms with Crippen molar-refractivity contribution in [1.82, 2.24) is 0 Å². The lowest BCUT2D eigenvalue weighted by Gasteiger charge is -2.16. The molecule has 2 amide bonds. The Balaban J connectivity index is 1.80. The van der Waals surface area contributed by atoms with Crippen molar-refractivity contribution in [1.29, 1.82) is 0 Å². The summed E-state index contributed by atoms with van der Waals surface area (Å²) in [5.74, 6) is -0.736. The topological polar surface area (TPSA) is 49.4 Å². The van der Waals surface area contributed by atoms with E-state index < -0.39 is 0 Å². The third-order valence-corrected chi connectivity index (χ3v) is 5.88. The molecule has 0 aromatic heterocycles. The summed E-state index contributed by atoms with van der Waals surface area (Å²) in [6.07, 6.45) is 0.885. The van der Waals surface area contributed by atoms with Crippen molar-refractivity contribution in [2.75, 3.05) is 10.2 Å². The first-order chi connectivity index (χ1) is 14.9. The van der Waals surface area contributed by atoms with Gasteiger partial charge in [-0.3, -0.25) is 9.59 Å². The molecular formula is C26H23ClN2O2. The molecule has 0 saturated heterocycles. The number of carbonyl (C=O) groups excluding carboxylic acids is 2. The molecule has 0 spiro atoms. The van der Waals surface area contributed by atoms with Crippen LogP contribution in [-0.2, 0) is 16.0 Å². The number of nitrogens with zero attached hydrogens (tertiary/aromatic N) is 1. The average Bonchev–Trinajstić information content (AvgIpc) is 3.01. The number of hydrogen-bond donors (Lipinski definition) is 1. The fourth-order valence-electron chi connectivity index (χ4n) is 3.56. The van der Waals surface area contributed by atoms with E-state index in [2.05, 4.69) is 12.2 Å². The second-order valence-electron chi connectivity index (χ2n) is 7.67. The van der Waals surface area contributed by atoms with Crippen LogP contribution < -0.4 is 10.2 Å². The number of rotatable bonds is 5. The maximum absolute atomic E-state index is 13.5. The van der Waals surface area contributed by atoms with Crippen LogP contribution >= 0.6 is 11.6 Å². The van der Waals surface area contributed by atoms with Gasteiger partial charge in [0.1, 0.15) is 5.70 Å². The van der Waals surface area contributed by atoms with Gasteiger partial charge in [0.25, 0.3) is 11.8 Å². The van der Waals surface area contributed by atoms with Crippen LogP contribution in [0, 0.1) is 13.8 Å². The van der Waals surface area contributed by atoms with Gasteiger partial charge in [-0.25, -0.2) is 4.90 Å². The van der Waals surface area contributed by atoms with Crippen LogP contribution in [0.5, 0.6) is 0 Å². The van der Waals surface area contributed by atoms with Crippen molar-refractivity contribution in [3.8, 4) is 0 Å². The molecule has 1 heterocycles. The summed E-state index contributed by atoms with van der Waals surface area (Å²) in [5, 5.41) is 3.75. The van der Waals surface area contributed by atoms with E-state index in [9.17, 15) is 9.59 Å². The predicted octanol–water partition coefficient (Wildman–Crippen LogP) is 5.92. The minimum atomic E-state index is -0.387. The number of anilines is 2. The molecule has 1 N–H and O–H groups in total. The molecule has 3 aromatic rings. The van der Waals surface area contributed by atoms with E-state index in [0.717, 1.165) is 23.1 Å². The van der Waals surface area contributed by atoms with Crippen LogP contribution in [0.1, 0.15) is 29.2 Å². The van der Waals surface area contributed by atoms with E-state index in [1.165, 1.54) is 4.90 Å². The second kappa shape index (κ2) is 8.40. The van der Waals surface area contributed by atoms with Crippen molar-refractivity contribution < 1.29 is 9.59 Å². The van der Waals surface area contributed by atoms with Gasteiger partial charge in [-0.15, -0.1) is 0 Å². The maximum atomic E-state index is 13.5. The summed E-state index contributed by atoms with van der Waals surface area (Å²) in [6, 6.07) is 20.6. The van der Waals surface area contributed by atoms with Gasteiger partial charge in [0.2, 0.25) is 0 Å². The Hall–Kier alpha value is -3.37. The van der Waals surface area contributed by atoms with Gasteiger partial charge in [0, 0.05) is 10.7 Å². The van der Waals surface area contributed by atoms with Gasteiger partial charge in [-0.2, -0.15) is 0 Å². The zero-order chi connectivity index (χ0) is 22.1. The maximum Gasteiger partial charge on any atom is 0.282 e. The number of carbonyl (C=O) groups is 2. The summed E-state index contributed by atoms with van der Waals surface area (Å²) in [6.45, 7) is 5.96. The second-order valence-corrected chi connectivity index (χ2v) is 8.08. The first-order valence-corrected chi connectivity index (χ1v) is 10.6. The molecule has 1 aliphatic rings. The van der Waals surface area contributed by atoms with Crippen molar-refractivity contribution in [3.05, 3.63) is 99.7 Å². The van der Waals surface area contributed by atoms with Gasteiger partial charge in [-0.05, 0) is 61.2 Å². The minimum absolute atomic E-state index is 0.244. The average molecular weight is 431 g/mol. The van der Waals surface area contributed by atoms with Crippen LogP contribution in [0.25, 0.3) is 5.57 Å². The van der Waals surface area contributed by atoms with E-state index >= 15 is 0 Å². The summed E-state index contributed by atoms with van der Waals surface area (Å²) in [5.41, 5.74) is 5.64. The highest BCUT2D eigenvalue weighted by atomic mass is 35.5. The van der Waals surface area contributed by atoms with Crippen molar-refractivity contribution in [3.63, 3.8) is 0 Å². The van der Waals surface area contributed by atoms with E-state index in [0.29, 0.717) is 27.5 Å². The third kappa shape index (κ3) is 3.99. The summed E-state index contributed by atoms with van der Waals surface area (Å²) in [7, 11) is 0. The number of aryl methyl sites for hydroxylation is 3. The molecule has 4 rings (SSSR count). The molecule has 0 fully saturated rings. The van der Waals surface area contributed by atoms with Crippen molar-refractivity contribution >= 4 is 40.4 Å². The van der Waals surface area contributed by atoms with E-state index in [-0.39, 0.29) is 17.5 Å². The lowest BCUT2D eigenvalue weighted by Crippen LogP contribution is -2.32. The first kappa shape index (κ1) is 20.9. The number of benzene rings is 3. The van der Waals surface area contributed by atoms with Crippen molar-refractivity contribution in [2.24, 2.45) is 0 Å². The zero-order valence-corrected chi connectivity index (χ0v) is 18.5. The van der Waals surface area contributed by atoms with Crippen LogP contribution in [0.4, 0.5) is 11.4 Å². The number of amides is 2. The number of imide groups is 1. The highest BCUT2D eigenvalue weighted by Crippen LogP contribution is 2.34. The van der Waals surface area contributed by atoms with Gasteiger partial charge in [-0.1, -0.05) is 66.6 Å².